The Balaban J connectivity index is 1.48. The largest absolute Gasteiger partial charge is 0.490 e. The second-order valence-electron chi connectivity index (χ2n) is 6.86. The Labute approximate surface area is 144 Å². The van der Waals surface area contributed by atoms with Gasteiger partial charge >= 0.3 is 0 Å². The van der Waals surface area contributed by atoms with Gasteiger partial charge in [-0.15, -0.1) is 0 Å². The molecular weight excluding hydrogens is 304 g/mol. The molecule has 1 aromatic carbocycles. The fourth-order valence-electron chi connectivity index (χ4n) is 3.35. The highest BCUT2D eigenvalue weighted by atomic mass is 16.5. The van der Waals surface area contributed by atoms with Crippen LogP contribution >= 0.6 is 0 Å². The van der Waals surface area contributed by atoms with E-state index in [0.29, 0.717) is 12.3 Å². The Bertz CT molecular complexity index is 550. The van der Waals surface area contributed by atoms with Crippen LogP contribution < -0.4 is 15.4 Å². The highest BCUT2D eigenvalue weighted by Crippen LogP contribution is 2.25. The van der Waals surface area contributed by atoms with Crippen LogP contribution in [0.15, 0.2) is 18.2 Å². The van der Waals surface area contributed by atoms with E-state index in [1.165, 1.54) is 6.42 Å². The van der Waals surface area contributed by atoms with Crippen molar-refractivity contribution >= 4 is 11.6 Å². The highest BCUT2D eigenvalue weighted by molar-refractivity contribution is 5.90. The fraction of sp³-hybridized carbons (Fsp3) is 0.632. The molecule has 5 nitrogen and oxygen atoms in total. The van der Waals surface area contributed by atoms with E-state index in [4.69, 9.17) is 9.47 Å². The zero-order valence-corrected chi connectivity index (χ0v) is 14.5. The molecule has 2 saturated heterocycles. The van der Waals surface area contributed by atoms with Crippen LogP contribution in [-0.4, -0.2) is 38.3 Å². The third-order valence-electron chi connectivity index (χ3n) is 4.86. The van der Waals surface area contributed by atoms with Gasteiger partial charge in [-0.25, -0.2) is 0 Å². The van der Waals surface area contributed by atoms with Gasteiger partial charge in [0.25, 0.3) is 0 Å². The van der Waals surface area contributed by atoms with Gasteiger partial charge in [-0.05, 0) is 62.5 Å². The minimum absolute atomic E-state index is 0.0967. The Kier molecular flexibility index (Phi) is 6.10. The van der Waals surface area contributed by atoms with E-state index in [9.17, 15) is 4.79 Å². The summed E-state index contributed by atoms with van der Waals surface area (Å²) in [6, 6.07) is 5.88. The molecule has 132 valence electrons. The Morgan fingerprint density at radius 2 is 2.17 bits per heavy atom. The first kappa shape index (κ1) is 17.2. The fourth-order valence-corrected chi connectivity index (χ4v) is 3.35. The van der Waals surface area contributed by atoms with Crippen LogP contribution in [0.2, 0.25) is 0 Å². The Morgan fingerprint density at radius 1 is 1.33 bits per heavy atom. The SMILES string of the molecule is Cc1cc(NC(=O)CCC2CCNC2)ccc1OC1CCOCC1. The minimum atomic E-state index is 0.0967. The van der Waals surface area contributed by atoms with Crippen LogP contribution in [0.5, 0.6) is 5.75 Å². The zero-order valence-electron chi connectivity index (χ0n) is 14.5. The molecule has 0 aromatic heterocycles. The average molecular weight is 332 g/mol. The number of carbonyl (C=O) groups excluding carboxylic acids is 1. The Hall–Kier alpha value is -1.59. The van der Waals surface area contributed by atoms with Crippen LogP contribution in [0, 0.1) is 12.8 Å². The van der Waals surface area contributed by atoms with Crippen molar-refractivity contribution in [3.8, 4) is 5.75 Å². The van der Waals surface area contributed by atoms with E-state index < -0.39 is 0 Å². The molecule has 0 aliphatic carbocycles. The summed E-state index contributed by atoms with van der Waals surface area (Å²) in [7, 11) is 0. The molecule has 24 heavy (non-hydrogen) atoms. The molecule has 0 radical (unpaired) electrons. The number of carbonyl (C=O) groups is 1. The lowest BCUT2D eigenvalue weighted by molar-refractivity contribution is -0.116. The molecule has 5 heteroatoms. The molecule has 1 amide bonds. The standard InChI is InChI=1S/C19H28N2O3/c1-14-12-16(21-19(22)5-2-15-6-9-20-13-15)3-4-18(14)24-17-7-10-23-11-8-17/h3-4,12,15,17,20H,2,5-11,13H2,1H3,(H,21,22). The van der Waals surface area contributed by atoms with Gasteiger partial charge in [0.05, 0.1) is 13.2 Å². The minimum Gasteiger partial charge on any atom is -0.490 e. The summed E-state index contributed by atoms with van der Waals surface area (Å²) < 4.78 is 11.4. The maximum Gasteiger partial charge on any atom is 0.224 e. The zero-order chi connectivity index (χ0) is 16.8. The van der Waals surface area contributed by atoms with Crippen molar-refractivity contribution in [3.63, 3.8) is 0 Å². The van der Waals surface area contributed by atoms with E-state index >= 15 is 0 Å². The topological polar surface area (TPSA) is 59.6 Å². The maximum atomic E-state index is 12.1. The van der Waals surface area contributed by atoms with Crippen molar-refractivity contribution in [1.29, 1.82) is 0 Å². The summed E-state index contributed by atoms with van der Waals surface area (Å²) in [5.41, 5.74) is 1.90. The molecule has 1 aromatic rings. The molecule has 0 bridgehead atoms. The molecule has 1 unspecified atom stereocenters. The van der Waals surface area contributed by atoms with Crippen LogP contribution in [-0.2, 0) is 9.53 Å². The molecule has 2 fully saturated rings. The summed E-state index contributed by atoms with van der Waals surface area (Å²) >= 11 is 0. The second kappa shape index (κ2) is 8.49. The molecule has 2 N–H and O–H groups in total. The number of aryl methyl sites for hydroxylation is 1. The molecule has 2 aliphatic rings. The van der Waals surface area contributed by atoms with Gasteiger partial charge < -0.3 is 20.1 Å². The third-order valence-corrected chi connectivity index (χ3v) is 4.86. The van der Waals surface area contributed by atoms with Crippen molar-refractivity contribution in [2.24, 2.45) is 5.92 Å². The predicted molar refractivity (Wildman–Crippen MR) is 94.5 cm³/mol. The first-order chi connectivity index (χ1) is 11.7. The van der Waals surface area contributed by atoms with E-state index in [0.717, 1.165) is 62.6 Å². The quantitative estimate of drug-likeness (QED) is 0.841. The van der Waals surface area contributed by atoms with E-state index in [-0.39, 0.29) is 12.0 Å². The van der Waals surface area contributed by atoms with Gasteiger partial charge in [-0.3, -0.25) is 4.79 Å². The maximum absolute atomic E-state index is 12.1. The highest BCUT2D eigenvalue weighted by Gasteiger charge is 2.17. The van der Waals surface area contributed by atoms with Crippen molar-refractivity contribution in [3.05, 3.63) is 23.8 Å². The van der Waals surface area contributed by atoms with Crippen LogP contribution in [0.4, 0.5) is 5.69 Å². The summed E-state index contributed by atoms with van der Waals surface area (Å²) in [5, 5.41) is 6.34. The number of anilines is 1. The number of amides is 1. The number of ether oxygens (including phenoxy) is 2. The number of nitrogens with one attached hydrogen (secondary N) is 2. The third kappa shape index (κ3) is 4.95. The van der Waals surface area contributed by atoms with Gasteiger partial charge in [-0.1, -0.05) is 0 Å². The van der Waals surface area contributed by atoms with E-state index in [1.807, 2.05) is 25.1 Å². The lowest BCUT2D eigenvalue weighted by atomic mass is 10.0. The first-order valence-electron chi connectivity index (χ1n) is 9.06. The molecule has 1 atom stereocenters. The average Bonchev–Trinajstić information content (AvgIpc) is 3.10. The van der Waals surface area contributed by atoms with Crippen LogP contribution in [0.1, 0.15) is 37.7 Å². The van der Waals surface area contributed by atoms with E-state index in [1.54, 1.807) is 0 Å². The second-order valence-corrected chi connectivity index (χ2v) is 6.86. The first-order valence-corrected chi connectivity index (χ1v) is 9.06. The molecule has 2 aliphatic heterocycles. The molecular formula is C19H28N2O3. The number of rotatable bonds is 6. The normalized spacial score (nSPS) is 21.6. The van der Waals surface area contributed by atoms with Gasteiger partial charge in [0.15, 0.2) is 0 Å². The van der Waals surface area contributed by atoms with Gasteiger partial charge in [-0.2, -0.15) is 0 Å². The van der Waals surface area contributed by atoms with E-state index in [2.05, 4.69) is 10.6 Å². The van der Waals surface area contributed by atoms with Gasteiger partial charge in [0.1, 0.15) is 11.9 Å². The Morgan fingerprint density at radius 3 is 2.88 bits per heavy atom. The van der Waals surface area contributed by atoms with Crippen molar-refractivity contribution < 1.29 is 14.3 Å². The molecule has 2 heterocycles. The number of hydrogen-bond donors (Lipinski definition) is 2. The summed E-state index contributed by atoms with van der Waals surface area (Å²) in [4.78, 5) is 12.1. The summed E-state index contributed by atoms with van der Waals surface area (Å²) in [6.45, 7) is 5.70. The lowest BCUT2D eigenvalue weighted by Crippen LogP contribution is -2.26. The predicted octanol–water partition coefficient (Wildman–Crippen LogP) is 2.88. The van der Waals surface area contributed by atoms with Crippen molar-refractivity contribution in [2.45, 2.75) is 45.1 Å². The van der Waals surface area contributed by atoms with Crippen molar-refractivity contribution in [2.75, 3.05) is 31.6 Å². The number of hydrogen-bond acceptors (Lipinski definition) is 4. The molecule has 0 spiro atoms. The monoisotopic (exact) mass is 332 g/mol. The lowest BCUT2D eigenvalue weighted by Gasteiger charge is -2.24. The smallest absolute Gasteiger partial charge is 0.224 e. The molecule has 0 saturated carbocycles. The van der Waals surface area contributed by atoms with Gasteiger partial charge in [0.2, 0.25) is 5.91 Å². The van der Waals surface area contributed by atoms with Crippen LogP contribution in [0.3, 0.4) is 0 Å². The summed E-state index contributed by atoms with van der Waals surface area (Å²) in [6.07, 6.45) is 4.85. The summed E-state index contributed by atoms with van der Waals surface area (Å²) in [5.74, 6) is 1.64. The van der Waals surface area contributed by atoms with Crippen molar-refractivity contribution in [1.82, 2.24) is 5.32 Å². The van der Waals surface area contributed by atoms with Crippen LogP contribution in [0.25, 0.3) is 0 Å². The van der Waals surface area contributed by atoms with Gasteiger partial charge in [0, 0.05) is 24.9 Å². The molecule has 3 rings (SSSR count). The number of benzene rings is 1.